The molecule has 3 heterocycles. The van der Waals surface area contributed by atoms with E-state index in [0.29, 0.717) is 11.4 Å². The Morgan fingerprint density at radius 2 is 1.38 bits per heavy atom. The molecule has 4 rings (SSSR count). The van der Waals surface area contributed by atoms with Crippen LogP contribution in [0.2, 0.25) is 0 Å². The number of hydroxylamine groups is 1. The van der Waals surface area contributed by atoms with E-state index in [1.165, 1.54) is 7.11 Å². The topological polar surface area (TPSA) is 196 Å². The van der Waals surface area contributed by atoms with E-state index in [4.69, 9.17) is 10.6 Å². The molecule has 0 saturated carbocycles. The van der Waals surface area contributed by atoms with Crippen molar-refractivity contribution in [1.29, 1.82) is 0 Å². The molecule has 3 aromatic heterocycles. The van der Waals surface area contributed by atoms with Crippen LogP contribution in [0, 0.1) is 0 Å². The molecule has 13 heteroatoms. The molecule has 3 atom stereocenters. The van der Waals surface area contributed by atoms with Gasteiger partial charge in [0.05, 0.1) is 13.2 Å². The molecule has 0 spiro atoms. The van der Waals surface area contributed by atoms with Gasteiger partial charge in [-0.2, -0.15) is 0 Å². The predicted molar refractivity (Wildman–Crippen MR) is 171 cm³/mol. The summed E-state index contributed by atoms with van der Waals surface area (Å²) < 4.78 is 0. The van der Waals surface area contributed by atoms with Crippen molar-refractivity contribution in [3.05, 3.63) is 71.5 Å². The fourth-order valence-corrected chi connectivity index (χ4v) is 4.90. The van der Waals surface area contributed by atoms with Crippen molar-refractivity contribution < 1.29 is 19.2 Å². The third kappa shape index (κ3) is 8.58. The number of benzene rings is 1. The minimum absolute atomic E-state index is 0.118. The van der Waals surface area contributed by atoms with Gasteiger partial charge in [0.25, 0.3) is 5.91 Å². The van der Waals surface area contributed by atoms with Crippen LogP contribution in [-0.2, 0) is 49.3 Å². The zero-order valence-electron chi connectivity index (χ0n) is 27.0. The second-order valence-corrected chi connectivity index (χ2v) is 13.4. The van der Waals surface area contributed by atoms with Gasteiger partial charge in [-0.05, 0) is 11.6 Å². The number of aromatic nitrogens is 5. The molecule has 0 bridgehead atoms. The van der Waals surface area contributed by atoms with E-state index in [0.717, 1.165) is 28.1 Å². The van der Waals surface area contributed by atoms with Gasteiger partial charge in [0.15, 0.2) is 0 Å². The lowest BCUT2D eigenvalue weighted by Gasteiger charge is -2.24. The van der Waals surface area contributed by atoms with Crippen molar-refractivity contribution in [3.8, 4) is 0 Å². The minimum atomic E-state index is -1.04. The van der Waals surface area contributed by atoms with Crippen molar-refractivity contribution in [2.45, 2.75) is 89.8 Å². The number of hydrogen-bond donors (Lipinski definition) is 7. The molecule has 3 amide bonds. The highest BCUT2D eigenvalue weighted by molar-refractivity contribution is 5.94. The molecule has 0 saturated heterocycles. The van der Waals surface area contributed by atoms with Crippen molar-refractivity contribution in [2.75, 3.05) is 7.11 Å². The Kier molecular flexibility index (Phi) is 10.1. The molecule has 1 aromatic carbocycles. The number of amides is 3. The Morgan fingerprint density at radius 3 is 1.96 bits per heavy atom. The van der Waals surface area contributed by atoms with Crippen molar-refractivity contribution >= 4 is 28.6 Å². The first-order valence-corrected chi connectivity index (χ1v) is 15.0. The quantitative estimate of drug-likeness (QED) is 0.118. The Bertz CT molecular complexity index is 1620. The average molecular weight is 620 g/mol. The van der Waals surface area contributed by atoms with Crippen LogP contribution in [0.25, 0.3) is 10.9 Å². The predicted octanol–water partition coefficient (Wildman–Crippen LogP) is 2.21. The summed E-state index contributed by atoms with van der Waals surface area (Å²) in [6.07, 6.45) is 5.60. The van der Waals surface area contributed by atoms with Crippen LogP contribution in [0.3, 0.4) is 0 Å². The lowest BCUT2D eigenvalue weighted by atomic mass is 9.96. The van der Waals surface area contributed by atoms with Crippen molar-refractivity contribution in [2.24, 2.45) is 5.73 Å². The van der Waals surface area contributed by atoms with Crippen LogP contribution in [0.4, 0.5) is 0 Å². The standard InChI is InChI=1S/C32H45N9O4/c1-31(2,3)29-35-16-19(37-29)13-22(33)26(42)39-24(12-18-15-34-23-11-9-8-10-21(18)23)27(43)40-25(28(44)41-45-7)14-20-17-36-30(38-20)32(4,5)6/h8-11,15-17,22,24-25,34H,12-14,33H2,1-7H3,(H,35,37)(H,36,38)(H,39,42)(H,40,43)(H,41,44)/t22-,24-,25-/m0/s1. The van der Waals surface area contributed by atoms with E-state index in [1.54, 1.807) is 12.4 Å². The van der Waals surface area contributed by atoms with E-state index in [-0.39, 0.29) is 30.1 Å². The number of hydrogen-bond acceptors (Lipinski definition) is 7. The summed E-state index contributed by atoms with van der Waals surface area (Å²) in [7, 11) is 1.32. The number of aromatic amines is 3. The second-order valence-electron chi connectivity index (χ2n) is 13.4. The highest BCUT2D eigenvalue weighted by Crippen LogP contribution is 2.21. The third-order valence-corrected chi connectivity index (χ3v) is 7.45. The summed E-state index contributed by atoms with van der Waals surface area (Å²) in [5.41, 5.74) is 11.3. The Hall–Kier alpha value is -4.49. The molecule has 8 N–H and O–H groups in total. The Balaban J connectivity index is 1.55. The number of nitrogens with two attached hydrogens (primary N) is 1. The number of nitrogens with one attached hydrogen (secondary N) is 6. The number of imidazole rings is 2. The number of H-pyrrole nitrogens is 3. The number of carbonyl (C=O) groups excluding carboxylic acids is 3. The maximum absolute atomic E-state index is 13.9. The SMILES string of the molecule is CONC(=O)[C@H](Cc1cnc(C(C)(C)C)[nH]1)NC(=O)[C@H](Cc1c[nH]c2ccccc12)NC(=O)[C@@H](N)Cc1cnc(C(C)(C)C)[nH]1. The first kappa shape index (κ1) is 33.4. The highest BCUT2D eigenvalue weighted by Gasteiger charge is 2.30. The Morgan fingerprint density at radius 1 is 0.822 bits per heavy atom. The van der Waals surface area contributed by atoms with E-state index >= 15 is 0 Å². The zero-order valence-corrected chi connectivity index (χ0v) is 27.0. The van der Waals surface area contributed by atoms with Gasteiger partial charge in [0.1, 0.15) is 23.7 Å². The summed E-state index contributed by atoms with van der Waals surface area (Å²) in [5, 5.41) is 6.56. The fourth-order valence-electron chi connectivity index (χ4n) is 4.90. The number of nitrogens with zero attached hydrogens (tertiary/aromatic N) is 2. The zero-order chi connectivity index (χ0) is 32.9. The summed E-state index contributed by atoms with van der Waals surface area (Å²) >= 11 is 0. The molecular weight excluding hydrogens is 574 g/mol. The van der Waals surface area contributed by atoms with Crippen LogP contribution in [-0.4, -0.2) is 67.9 Å². The molecule has 45 heavy (non-hydrogen) atoms. The van der Waals surface area contributed by atoms with Gasteiger partial charge in [-0.15, -0.1) is 0 Å². The molecule has 0 aliphatic rings. The average Bonchev–Trinajstić information content (AvgIpc) is 3.72. The molecule has 4 aromatic rings. The van der Waals surface area contributed by atoms with E-state index in [2.05, 4.69) is 41.0 Å². The van der Waals surface area contributed by atoms with Crippen molar-refractivity contribution in [3.63, 3.8) is 0 Å². The second kappa shape index (κ2) is 13.7. The fraction of sp³-hybridized carbons (Fsp3) is 0.469. The molecule has 0 aliphatic heterocycles. The molecule has 13 nitrogen and oxygen atoms in total. The minimum Gasteiger partial charge on any atom is -0.361 e. The van der Waals surface area contributed by atoms with E-state index < -0.39 is 35.8 Å². The summed E-state index contributed by atoms with van der Waals surface area (Å²) in [6.45, 7) is 12.2. The summed E-state index contributed by atoms with van der Waals surface area (Å²) in [6, 6.07) is 4.66. The number of rotatable bonds is 12. The van der Waals surface area contributed by atoms with Gasteiger partial charge in [-0.3, -0.25) is 19.2 Å². The van der Waals surface area contributed by atoms with Crippen LogP contribution < -0.4 is 21.8 Å². The van der Waals surface area contributed by atoms with E-state index in [9.17, 15) is 14.4 Å². The number of carbonyl (C=O) groups is 3. The van der Waals surface area contributed by atoms with Gasteiger partial charge >= 0.3 is 0 Å². The number of para-hydroxylation sites is 1. The van der Waals surface area contributed by atoms with Gasteiger partial charge < -0.3 is 31.3 Å². The molecule has 0 aliphatic carbocycles. The highest BCUT2D eigenvalue weighted by atomic mass is 16.6. The largest absolute Gasteiger partial charge is 0.361 e. The molecule has 0 radical (unpaired) electrons. The van der Waals surface area contributed by atoms with E-state index in [1.807, 2.05) is 72.0 Å². The first-order chi connectivity index (χ1) is 21.2. The maximum Gasteiger partial charge on any atom is 0.266 e. The van der Waals surface area contributed by atoms with Crippen LogP contribution in [0.1, 0.15) is 70.1 Å². The van der Waals surface area contributed by atoms with Gasteiger partial charge in [-0.25, -0.2) is 15.4 Å². The lowest BCUT2D eigenvalue weighted by Crippen LogP contribution is -2.57. The number of fused-ring (bicyclic) bond motifs is 1. The van der Waals surface area contributed by atoms with Crippen LogP contribution in [0.5, 0.6) is 0 Å². The Labute approximate surface area is 262 Å². The smallest absolute Gasteiger partial charge is 0.266 e. The summed E-state index contributed by atoms with van der Waals surface area (Å²) in [5.74, 6) is -0.0815. The molecule has 242 valence electrons. The first-order valence-electron chi connectivity index (χ1n) is 15.0. The van der Waals surface area contributed by atoms with Crippen LogP contribution in [0.15, 0.2) is 42.9 Å². The molecule has 0 unspecified atom stereocenters. The third-order valence-electron chi connectivity index (χ3n) is 7.45. The monoisotopic (exact) mass is 619 g/mol. The normalized spacial score (nSPS) is 14.1. The summed E-state index contributed by atoms with van der Waals surface area (Å²) in [4.78, 5) is 63.7. The van der Waals surface area contributed by atoms with Crippen molar-refractivity contribution in [1.82, 2.24) is 41.0 Å². The molecule has 0 fully saturated rings. The van der Waals surface area contributed by atoms with Gasteiger partial charge in [0, 0.05) is 71.0 Å². The lowest BCUT2D eigenvalue weighted by molar-refractivity contribution is -0.137. The van der Waals surface area contributed by atoms with Crippen LogP contribution >= 0.6 is 0 Å². The van der Waals surface area contributed by atoms with Gasteiger partial charge in [0.2, 0.25) is 11.8 Å². The maximum atomic E-state index is 13.9. The molecular formula is C32H45N9O4. The van der Waals surface area contributed by atoms with Gasteiger partial charge in [-0.1, -0.05) is 59.7 Å².